The maximum absolute atomic E-state index is 9.41. The Kier molecular flexibility index (Phi) is 3.64. The van der Waals surface area contributed by atoms with Crippen molar-refractivity contribution in [1.29, 1.82) is 0 Å². The fraction of sp³-hybridized carbons (Fsp3) is 0.615. The first-order valence-corrected chi connectivity index (χ1v) is 6.13. The predicted octanol–water partition coefficient (Wildman–Crippen LogP) is 1.28. The second-order valence-corrected chi connectivity index (χ2v) is 4.97. The average Bonchev–Trinajstić information content (AvgIpc) is 2.78. The molecule has 0 radical (unpaired) electrons. The highest BCUT2D eigenvalue weighted by Crippen LogP contribution is 2.22. The molecule has 1 saturated heterocycles. The Balaban J connectivity index is 2.04. The van der Waals surface area contributed by atoms with E-state index >= 15 is 0 Å². The van der Waals surface area contributed by atoms with Gasteiger partial charge in [0, 0.05) is 19.1 Å². The highest BCUT2D eigenvalue weighted by molar-refractivity contribution is 5.46. The molecule has 0 spiro atoms. The van der Waals surface area contributed by atoms with E-state index in [1.807, 2.05) is 18.3 Å². The summed E-state index contributed by atoms with van der Waals surface area (Å²) in [7, 11) is 4.26. The Labute approximate surface area is 103 Å². The van der Waals surface area contributed by atoms with Crippen molar-refractivity contribution in [3.8, 4) is 0 Å². The SMILES string of the molecule is C[C@@H](O)c1ccc(N2CCC(N(C)C)C2)cn1. The lowest BCUT2D eigenvalue weighted by Crippen LogP contribution is -2.31. The van der Waals surface area contributed by atoms with Gasteiger partial charge in [0.15, 0.2) is 0 Å². The van der Waals surface area contributed by atoms with Gasteiger partial charge < -0.3 is 14.9 Å². The quantitative estimate of drug-likeness (QED) is 0.856. The van der Waals surface area contributed by atoms with Crippen molar-refractivity contribution in [3.05, 3.63) is 24.0 Å². The zero-order chi connectivity index (χ0) is 12.4. The van der Waals surface area contributed by atoms with Gasteiger partial charge in [0.2, 0.25) is 0 Å². The summed E-state index contributed by atoms with van der Waals surface area (Å²) < 4.78 is 0. The highest BCUT2D eigenvalue weighted by atomic mass is 16.3. The molecule has 4 nitrogen and oxygen atoms in total. The van der Waals surface area contributed by atoms with Gasteiger partial charge in [-0.05, 0) is 39.6 Å². The summed E-state index contributed by atoms with van der Waals surface area (Å²) in [6.45, 7) is 3.88. The van der Waals surface area contributed by atoms with Crippen LogP contribution in [0, 0.1) is 0 Å². The molecule has 0 aliphatic carbocycles. The zero-order valence-corrected chi connectivity index (χ0v) is 10.8. The Morgan fingerprint density at radius 2 is 2.24 bits per heavy atom. The summed E-state index contributed by atoms with van der Waals surface area (Å²) in [6, 6.07) is 4.59. The van der Waals surface area contributed by atoms with Crippen molar-refractivity contribution in [1.82, 2.24) is 9.88 Å². The monoisotopic (exact) mass is 235 g/mol. The van der Waals surface area contributed by atoms with Crippen molar-refractivity contribution in [2.75, 3.05) is 32.1 Å². The summed E-state index contributed by atoms with van der Waals surface area (Å²) in [6.07, 6.45) is 2.57. The van der Waals surface area contributed by atoms with Gasteiger partial charge in [-0.25, -0.2) is 0 Å². The molecule has 0 bridgehead atoms. The van der Waals surface area contributed by atoms with Crippen LogP contribution in [0.5, 0.6) is 0 Å². The normalized spacial score (nSPS) is 22.2. The summed E-state index contributed by atoms with van der Waals surface area (Å²) >= 11 is 0. The van der Waals surface area contributed by atoms with Crippen LogP contribution in [0.25, 0.3) is 0 Å². The molecule has 1 fully saturated rings. The Hall–Kier alpha value is -1.13. The summed E-state index contributed by atoms with van der Waals surface area (Å²) in [5, 5.41) is 9.41. The molecule has 1 unspecified atom stereocenters. The highest BCUT2D eigenvalue weighted by Gasteiger charge is 2.24. The van der Waals surface area contributed by atoms with Gasteiger partial charge in [-0.3, -0.25) is 4.98 Å². The number of aromatic nitrogens is 1. The number of hydrogen-bond acceptors (Lipinski definition) is 4. The number of pyridine rings is 1. The van der Waals surface area contributed by atoms with Gasteiger partial charge in [0.05, 0.1) is 23.7 Å². The van der Waals surface area contributed by atoms with Gasteiger partial charge in [0.25, 0.3) is 0 Å². The predicted molar refractivity (Wildman–Crippen MR) is 69.2 cm³/mol. The van der Waals surface area contributed by atoms with Crippen LogP contribution in [-0.2, 0) is 0 Å². The molecular weight excluding hydrogens is 214 g/mol. The van der Waals surface area contributed by atoms with Crippen LogP contribution < -0.4 is 4.90 Å². The molecule has 94 valence electrons. The number of hydrogen-bond donors (Lipinski definition) is 1. The molecule has 1 aromatic heterocycles. The number of aliphatic hydroxyl groups excluding tert-OH is 1. The molecule has 0 saturated carbocycles. The lowest BCUT2D eigenvalue weighted by molar-refractivity contribution is 0.194. The van der Waals surface area contributed by atoms with E-state index in [1.54, 1.807) is 6.92 Å². The van der Waals surface area contributed by atoms with Crippen molar-refractivity contribution < 1.29 is 5.11 Å². The van der Waals surface area contributed by atoms with E-state index in [9.17, 15) is 5.11 Å². The molecule has 1 aliphatic heterocycles. The Morgan fingerprint density at radius 1 is 1.47 bits per heavy atom. The molecular formula is C13H21N3O. The second kappa shape index (κ2) is 5.02. The zero-order valence-electron chi connectivity index (χ0n) is 10.8. The Morgan fingerprint density at radius 3 is 2.71 bits per heavy atom. The minimum Gasteiger partial charge on any atom is -0.387 e. The summed E-state index contributed by atoms with van der Waals surface area (Å²) in [4.78, 5) is 8.91. The largest absolute Gasteiger partial charge is 0.387 e. The van der Waals surface area contributed by atoms with E-state index in [2.05, 4.69) is 28.9 Å². The smallest absolute Gasteiger partial charge is 0.0931 e. The lowest BCUT2D eigenvalue weighted by atomic mass is 10.2. The standard InChI is InChI=1S/C13H21N3O/c1-10(17)13-5-4-11(8-14-13)16-7-6-12(9-16)15(2)3/h4-5,8,10,12,17H,6-7,9H2,1-3H3/t10-,12?/m1/s1. The van der Waals surface area contributed by atoms with Gasteiger partial charge in [-0.2, -0.15) is 0 Å². The van der Waals surface area contributed by atoms with Crippen molar-refractivity contribution >= 4 is 5.69 Å². The summed E-state index contributed by atoms with van der Waals surface area (Å²) in [5.74, 6) is 0. The average molecular weight is 235 g/mol. The van der Waals surface area contributed by atoms with Crippen molar-refractivity contribution in [3.63, 3.8) is 0 Å². The molecule has 17 heavy (non-hydrogen) atoms. The van der Waals surface area contributed by atoms with E-state index in [-0.39, 0.29) is 0 Å². The number of aliphatic hydroxyl groups is 1. The summed E-state index contributed by atoms with van der Waals surface area (Å²) in [5.41, 5.74) is 1.89. The van der Waals surface area contributed by atoms with E-state index < -0.39 is 6.10 Å². The minimum atomic E-state index is -0.489. The molecule has 1 N–H and O–H groups in total. The minimum absolute atomic E-state index is 0.489. The first kappa shape index (κ1) is 12.3. The van der Waals surface area contributed by atoms with Gasteiger partial charge in [-0.15, -0.1) is 0 Å². The third-order valence-electron chi connectivity index (χ3n) is 3.46. The van der Waals surface area contributed by atoms with Gasteiger partial charge >= 0.3 is 0 Å². The molecule has 1 aliphatic rings. The number of rotatable bonds is 3. The van der Waals surface area contributed by atoms with E-state index in [4.69, 9.17) is 0 Å². The van der Waals surface area contributed by atoms with E-state index in [0.29, 0.717) is 6.04 Å². The van der Waals surface area contributed by atoms with Gasteiger partial charge in [-0.1, -0.05) is 0 Å². The fourth-order valence-electron chi connectivity index (χ4n) is 2.23. The topological polar surface area (TPSA) is 39.6 Å². The van der Waals surface area contributed by atoms with Gasteiger partial charge in [0.1, 0.15) is 0 Å². The third-order valence-corrected chi connectivity index (χ3v) is 3.46. The molecule has 2 atom stereocenters. The van der Waals surface area contributed by atoms with E-state index in [0.717, 1.165) is 24.5 Å². The lowest BCUT2D eigenvalue weighted by Gasteiger charge is -2.21. The number of anilines is 1. The maximum atomic E-state index is 9.41. The van der Waals surface area contributed by atoms with Crippen LogP contribution in [-0.4, -0.2) is 48.2 Å². The molecule has 2 rings (SSSR count). The maximum Gasteiger partial charge on any atom is 0.0931 e. The van der Waals surface area contributed by atoms with Crippen LogP contribution in [0.1, 0.15) is 25.1 Å². The van der Waals surface area contributed by atoms with Crippen LogP contribution in [0.2, 0.25) is 0 Å². The number of likely N-dealkylation sites (N-methyl/N-ethyl adjacent to an activating group) is 1. The van der Waals surface area contributed by atoms with Crippen LogP contribution in [0.15, 0.2) is 18.3 Å². The van der Waals surface area contributed by atoms with Crippen molar-refractivity contribution in [2.45, 2.75) is 25.5 Å². The molecule has 4 heteroatoms. The van der Waals surface area contributed by atoms with Crippen LogP contribution >= 0.6 is 0 Å². The first-order valence-electron chi connectivity index (χ1n) is 6.13. The fourth-order valence-corrected chi connectivity index (χ4v) is 2.23. The Bertz CT molecular complexity index is 361. The van der Waals surface area contributed by atoms with Crippen molar-refractivity contribution in [2.24, 2.45) is 0 Å². The van der Waals surface area contributed by atoms with Crippen LogP contribution in [0.4, 0.5) is 5.69 Å². The molecule has 0 aromatic carbocycles. The second-order valence-electron chi connectivity index (χ2n) is 4.97. The van der Waals surface area contributed by atoms with E-state index in [1.165, 1.54) is 6.42 Å². The van der Waals surface area contributed by atoms with Crippen LogP contribution in [0.3, 0.4) is 0 Å². The first-order chi connectivity index (χ1) is 8.08. The molecule has 0 amide bonds. The molecule has 1 aromatic rings. The third kappa shape index (κ3) is 2.76. The molecule has 2 heterocycles. The number of nitrogens with zero attached hydrogens (tertiary/aromatic N) is 3.